The highest BCUT2D eigenvalue weighted by Gasteiger charge is 2.53. The average molecular weight is 583 g/mol. The SMILES string of the molecule is CC(=O)OC[C@H]1O[C@@H](O[C@H](C)/C=C/[C@H]2C(C)=C[C@@H](OC(C)=O)CC2(C)C)[C@H](OC(C)=O)[C@@H](OC(C)=O)[C@@H]1OC(C)=O. The van der Waals surface area contributed by atoms with E-state index in [0.29, 0.717) is 6.42 Å². The third-order valence-corrected chi connectivity index (χ3v) is 6.70. The zero-order chi connectivity index (χ0) is 31.1. The molecule has 41 heavy (non-hydrogen) atoms. The van der Waals surface area contributed by atoms with E-state index in [2.05, 4.69) is 13.8 Å². The Morgan fingerprint density at radius 1 is 0.878 bits per heavy atom. The monoisotopic (exact) mass is 582 g/mol. The first-order valence-corrected chi connectivity index (χ1v) is 13.5. The lowest BCUT2D eigenvalue weighted by molar-refractivity contribution is -0.312. The number of carbonyl (C=O) groups excluding carboxylic acids is 5. The van der Waals surface area contributed by atoms with Crippen molar-refractivity contribution in [3.05, 3.63) is 23.8 Å². The van der Waals surface area contributed by atoms with Crippen LogP contribution in [0, 0.1) is 11.3 Å². The molecule has 1 heterocycles. The van der Waals surface area contributed by atoms with E-state index >= 15 is 0 Å². The molecule has 0 unspecified atom stereocenters. The molecule has 0 aromatic carbocycles. The lowest BCUT2D eigenvalue weighted by Gasteiger charge is -2.44. The van der Waals surface area contributed by atoms with Crippen molar-refractivity contribution >= 4 is 29.8 Å². The minimum atomic E-state index is -1.31. The number of hydrogen-bond acceptors (Lipinski definition) is 12. The Kier molecular flexibility index (Phi) is 12.1. The molecule has 0 saturated carbocycles. The Morgan fingerprint density at radius 3 is 1.93 bits per heavy atom. The zero-order valence-electron chi connectivity index (χ0n) is 25.2. The van der Waals surface area contributed by atoms with Crippen molar-refractivity contribution in [1.29, 1.82) is 0 Å². The fourth-order valence-electron chi connectivity index (χ4n) is 5.24. The van der Waals surface area contributed by atoms with Crippen LogP contribution in [0.3, 0.4) is 0 Å². The van der Waals surface area contributed by atoms with Gasteiger partial charge in [-0.25, -0.2) is 0 Å². The summed E-state index contributed by atoms with van der Waals surface area (Å²) in [5.41, 5.74) is 0.798. The summed E-state index contributed by atoms with van der Waals surface area (Å²) < 4.78 is 38.9. The summed E-state index contributed by atoms with van der Waals surface area (Å²) in [6.45, 7) is 13.6. The van der Waals surface area contributed by atoms with E-state index in [1.54, 1.807) is 6.92 Å². The molecule has 1 fully saturated rings. The molecular formula is C29H42O12. The highest BCUT2D eigenvalue weighted by Crippen LogP contribution is 2.43. The van der Waals surface area contributed by atoms with E-state index < -0.39 is 60.7 Å². The van der Waals surface area contributed by atoms with Crippen molar-refractivity contribution in [3.8, 4) is 0 Å². The normalized spacial score (nSPS) is 30.0. The third-order valence-electron chi connectivity index (χ3n) is 6.70. The van der Waals surface area contributed by atoms with Gasteiger partial charge in [-0.2, -0.15) is 0 Å². The van der Waals surface area contributed by atoms with Crippen LogP contribution in [0.25, 0.3) is 0 Å². The van der Waals surface area contributed by atoms with Gasteiger partial charge in [0.25, 0.3) is 0 Å². The molecule has 0 amide bonds. The molecule has 0 aromatic rings. The molecule has 12 nitrogen and oxygen atoms in total. The smallest absolute Gasteiger partial charge is 0.303 e. The Morgan fingerprint density at radius 2 is 1.41 bits per heavy atom. The second kappa shape index (κ2) is 14.6. The lowest BCUT2D eigenvalue weighted by atomic mass is 9.67. The molecule has 0 bridgehead atoms. The number of rotatable bonds is 10. The molecule has 0 aromatic heterocycles. The van der Waals surface area contributed by atoms with E-state index in [-0.39, 0.29) is 30.0 Å². The van der Waals surface area contributed by atoms with Crippen molar-refractivity contribution < 1.29 is 57.1 Å². The van der Waals surface area contributed by atoms with Crippen molar-refractivity contribution in [2.24, 2.45) is 11.3 Å². The Hall–Kier alpha value is -3.25. The predicted octanol–water partition coefficient (Wildman–Crippen LogP) is 2.95. The van der Waals surface area contributed by atoms with Gasteiger partial charge in [-0.1, -0.05) is 31.6 Å². The summed E-state index contributed by atoms with van der Waals surface area (Å²) >= 11 is 0. The number of hydrogen-bond donors (Lipinski definition) is 0. The summed E-state index contributed by atoms with van der Waals surface area (Å²) in [4.78, 5) is 58.9. The van der Waals surface area contributed by atoms with Gasteiger partial charge in [-0.15, -0.1) is 0 Å². The molecule has 230 valence electrons. The first kappa shape index (κ1) is 34.0. The summed E-state index contributed by atoms with van der Waals surface area (Å²) in [6, 6.07) is 0. The van der Waals surface area contributed by atoms with E-state index in [1.165, 1.54) is 20.8 Å². The van der Waals surface area contributed by atoms with Crippen LogP contribution in [0.5, 0.6) is 0 Å². The second-order valence-corrected chi connectivity index (χ2v) is 11.0. The van der Waals surface area contributed by atoms with Crippen LogP contribution in [-0.2, 0) is 57.1 Å². The largest absolute Gasteiger partial charge is 0.463 e. The van der Waals surface area contributed by atoms with Gasteiger partial charge in [0, 0.05) is 40.5 Å². The maximum atomic E-state index is 12.0. The van der Waals surface area contributed by atoms with Gasteiger partial charge in [0.15, 0.2) is 24.6 Å². The van der Waals surface area contributed by atoms with Gasteiger partial charge in [-0.05, 0) is 31.8 Å². The number of carbonyl (C=O) groups is 5. The minimum absolute atomic E-state index is 0.00996. The Labute approximate surface area is 240 Å². The quantitative estimate of drug-likeness (QED) is 0.212. The van der Waals surface area contributed by atoms with Crippen molar-refractivity contribution in [3.63, 3.8) is 0 Å². The van der Waals surface area contributed by atoms with Gasteiger partial charge in [0.1, 0.15) is 18.8 Å². The molecule has 12 heteroatoms. The zero-order valence-corrected chi connectivity index (χ0v) is 25.2. The van der Waals surface area contributed by atoms with Crippen LogP contribution in [0.1, 0.15) is 68.7 Å². The van der Waals surface area contributed by atoms with Gasteiger partial charge < -0.3 is 33.2 Å². The van der Waals surface area contributed by atoms with Crippen molar-refractivity contribution in [2.75, 3.05) is 6.61 Å². The number of ether oxygens (including phenoxy) is 7. The minimum Gasteiger partial charge on any atom is -0.463 e. The topological polar surface area (TPSA) is 150 Å². The summed E-state index contributed by atoms with van der Waals surface area (Å²) in [7, 11) is 0. The summed E-state index contributed by atoms with van der Waals surface area (Å²) in [6.07, 6.45) is -0.758. The Bertz CT molecular complexity index is 1040. The molecule has 8 atom stereocenters. The molecule has 0 N–H and O–H groups in total. The summed E-state index contributed by atoms with van der Waals surface area (Å²) in [5.74, 6) is -3.08. The van der Waals surface area contributed by atoms with Crippen molar-refractivity contribution in [2.45, 2.75) is 112 Å². The molecule has 2 rings (SSSR count). The molecular weight excluding hydrogens is 540 g/mol. The standard InChI is InChI=1S/C29H42O12/c1-15-12-22(37-18(4)31)13-29(8,9)23(15)11-10-16(2)36-28-27(40-21(7)34)26(39-20(6)33)25(38-19(5)32)24(41-28)14-35-17(3)30/h10-12,16,22-28H,13-14H2,1-9H3/b11-10+/t16-,22-,23+,24-,25-,26+,27-,28-/m1/s1. The maximum absolute atomic E-state index is 12.0. The van der Waals surface area contributed by atoms with Crippen LogP contribution in [0.15, 0.2) is 23.8 Å². The molecule has 0 spiro atoms. The molecule has 2 aliphatic rings. The van der Waals surface area contributed by atoms with Crippen LogP contribution >= 0.6 is 0 Å². The van der Waals surface area contributed by atoms with E-state index in [0.717, 1.165) is 19.4 Å². The average Bonchev–Trinajstić information content (AvgIpc) is 2.79. The molecule has 1 saturated heterocycles. The third kappa shape index (κ3) is 10.3. The first-order chi connectivity index (χ1) is 19.0. The van der Waals surface area contributed by atoms with E-state index in [4.69, 9.17) is 33.2 Å². The van der Waals surface area contributed by atoms with E-state index in [1.807, 2.05) is 25.2 Å². The summed E-state index contributed by atoms with van der Waals surface area (Å²) in [5, 5.41) is 0. The van der Waals surface area contributed by atoms with Crippen molar-refractivity contribution in [1.82, 2.24) is 0 Å². The second-order valence-electron chi connectivity index (χ2n) is 11.0. The highest BCUT2D eigenvalue weighted by molar-refractivity contribution is 5.69. The fraction of sp³-hybridized carbons (Fsp3) is 0.690. The van der Waals surface area contributed by atoms with Gasteiger partial charge in [-0.3, -0.25) is 24.0 Å². The van der Waals surface area contributed by atoms with Crippen LogP contribution < -0.4 is 0 Å². The molecule has 1 aliphatic carbocycles. The number of esters is 5. The fourth-order valence-corrected chi connectivity index (χ4v) is 5.24. The van der Waals surface area contributed by atoms with Gasteiger partial charge >= 0.3 is 29.8 Å². The molecule has 0 radical (unpaired) electrons. The van der Waals surface area contributed by atoms with Gasteiger partial charge in [0.05, 0.1) is 6.10 Å². The number of allylic oxidation sites excluding steroid dienone is 2. The maximum Gasteiger partial charge on any atom is 0.303 e. The van der Waals surface area contributed by atoms with Gasteiger partial charge in [0.2, 0.25) is 0 Å². The van der Waals surface area contributed by atoms with Crippen LogP contribution in [0.2, 0.25) is 0 Å². The van der Waals surface area contributed by atoms with Crippen LogP contribution in [0.4, 0.5) is 0 Å². The first-order valence-electron chi connectivity index (χ1n) is 13.5. The van der Waals surface area contributed by atoms with E-state index in [9.17, 15) is 24.0 Å². The Balaban J connectivity index is 2.35. The molecule has 1 aliphatic heterocycles. The lowest BCUT2D eigenvalue weighted by Crippen LogP contribution is -2.63. The predicted molar refractivity (Wildman–Crippen MR) is 143 cm³/mol. The highest BCUT2D eigenvalue weighted by atomic mass is 16.7. The van der Waals surface area contributed by atoms with Crippen LogP contribution in [-0.4, -0.2) is 79.4 Å².